The molecule has 1 unspecified atom stereocenters. The lowest BCUT2D eigenvalue weighted by Gasteiger charge is -2.35. The Kier molecular flexibility index (Phi) is 4.50. The molecule has 2 amide bonds. The van der Waals surface area contributed by atoms with Crippen LogP contribution in [0.1, 0.15) is 12.8 Å². The van der Waals surface area contributed by atoms with Gasteiger partial charge in [0, 0.05) is 32.6 Å². The van der Waals surface area contributed by atoms with Gasteiger partial charge in [-0.25, -0.2) is 0 Å². The van der Waals surface area contributed by atoms with Crippen molar-refractivity contribution in [2.45, 2.75) is 18.9 Å². The lowest BCUT2D eigenvalue weighted by atomic mass is 10.0. The lowest BCUT2D eigenvalue weighted by molar-refractivity contribution is -0.137. The molecule has 2 N–H and O–H groups in total. The molecule has 2 aliphatic heterocycles. The molecule has 0 spiro atoms. The summed E-state index contributed by atoms with van der Waals surface area (Å²) in [5.74, 6) is -0.260. The van der Waals surface area contributed by atoms with Gasteiger partial charge in [0.1, 0.15) is 0 Å². The minimum Gasteiger partial charge on any atom is -0.314 e. The largest absolute Gasteiger partial charge is 0.314 e. The number of carbonyl (C=O) groups excluding carboxylic acids is 2. The number of hydrogen-bond acceptors (Lipinski definition) is 4. The molecule has 1 atom stereocenters. The van der Waals surface area contributed by atoms with E-state index in [1.807, 2.05) is 0 Å². The number of amides is 2. The number of halogens is 1. The standard InChI is InChI=1S/C9H15N3O2.ClH/c13-8-2-1-7(9(14)11-8)12-5-3-10-4-6-12;/h7,10H,1-6H2,(H,11,13,14);1H. The second kappa shape index (κ2) is 5.44. The van der Waals surface area contributed by atoms with Crippen molar-refractivity contribution in [2.24, 2.45) is 0 Å². The number of nitrogens with one attached hydrogen (secondary N) is 2. The Balaban J connectivity index is 0.00000112. The molecule has 2 saturated heterocycles. The molecular formula is C9H16ClN3O2. The van der Waals surface area contributed by atoms with Crippen LogP contribution in [0, 0.1) is 0 Å². The Labute approximate surface area is 95.0 Å². The van der Waals surface area contributed by atoms with Crippen molar-refractivity contribution in [2.75, 3.05) is 26.2 Å². The smallest absolute Gasteiger partial charge is 0.243 e. The summed E-state index contributed by atoms with van der Waals surface area (Å²) in [4.78, 5) is 24.6. The van der Waals surface area contributed by atoms with Crippen LogP contribution in [0.25, 0.3) is 0 Å². The zero-order chi connectivity index (χ0) is 9.97. The molecule has 0 aromatic carbocycles. The predicted molar refractivity (Wildman–Crippen MR) is 57.9 cm³/mol. The monoisotopic (exact) mass is 233 g/mol. The van der Waals surface area contributed by atoms with Crippen molar-refractivity contribution in [3.63, 3.8) is 0 Å². The fourth-order valence-electron chi connectivity index (χ4n) is 2.02. The first-order valence-corrected chi connectivity index (χ1v) is 5.06. The van der Waals surface area contributed by atoms with Gasteiger partial charge in [0.05, 0.1) is 6.04 Å². The van der Waals surface area contributed by atoms with Crippen LogP contribution in [0.5, 0.6) is 0 Å². The van der Waals surface area contributed by atoms with Crippen molar-refractivity contribution >= 4 is 24.2 Å². The van der Waals surface area contributed by atoms with E-state index in [0.29, 0.717) is 12.8 Å². The Morgan fingerprint density at radius 2 is 1.87 bits per heavy atom. The fraction of sp³-hybridized carbons (Fsp3) is 0.778. The minimum atomic E-state index is -0.138. The van der Waals surface area contributed by atoms with Crippen LogP contribution in [-0.2, 0) is 9.59 Å². The molecular weight excluding hydrogens is 218 g/mol. The summed E-state index contributed by atoms with van der Waals surface area (Å²) in [6.07, 6.45) is 1.14. The maximum atomic E-state index is 11.5. The van der Waals surface area contributed by atoms with Gasteiger partial charge >= 0.3 is 0 Å². The third kappa shape index (κ3) is 2.90. The van der Waals surface area contributed by atoms with Gasteiger partial charge < -0.3 is 5.32 Å². The average Bonchev–Trinajstić information content (AvgIpc) is 2.19. The van der Waals surface area contributed by atoms with Gasteiger partial charge in [-0.2, -0.15) is 0 Å². The van der Waals surface area contributed by atoms with Gasteiger partial charge in [-0.1, -0.05) is 0 Å². The molecule has 0 bridgehead atoms. The molecule has 15 heavy (non-hydrogen) atoms. The van der Waals surface area contributed by atoms with Gasteiger partial charge in [-0.15, -0.1) is 12.4 Å². The Bertz CT molecular complexity index is 254. The fourth-order valence-corrected chi connectivity index (χ4v) is 2.02. The summed E-state index contributed by atoms with van der Waals surface area (Å²) < 4.78 is 0. The van der Waals surface area contributed by atoms with Gasteiger partial charge in [-0.05, 0) is 6.42 Å². The van der Waals surface area contributed by atoms with Crippen molar-refractivity contribution in [1.82, 2.24) is 15.5 Å². The number of hydrogen-bond donors (Lipinski definition) is 2. The maximum Gasteiger partial charge on any atom is 0.243 e. The highest BCUT2D eigenvalue weighted by atomic mass is 35.5. The predicted octanol–water partition coefficient (Wildman–Crippen LogP) is -0.881. The van der Waals surface area contributed by atoms with E-state index < -0.39 is 0 Å². The molecule has 0 radical (unpaired) electrons. The zero-order valence-electron chi connectivity index (χ0n) is 8.49. The molecule has 6 heteroatoms. The normalized spacial score (nSPS) is 28.1. The van der Waals surface area contributed by atoms with E-state index in [2.05, 4.69) is 15.5 Å². The molecule has 5 nitrogen and oxygen atoms in total. The quantitative estimate of drug-likeness (QED) is 0.578. The van der Waals surface area contributed by atoms with E-state index in [1.165, 1.54) is 0 Å². The summed E-state index contributed by atoms with van der Waals surface area (Å²) in [5, 5.41) is 5.62. The summed E-state index contributed by atoms with van der Waals surface area (Å²) in [6.45, 7) is 3.65. The number of carbonyl (C=O) groups is 2. The number of piperidine rings is 1. The van der Waals surface area contributed by atoms with Crippen LogP contribution in [0.15, 0.2) is 0 Å². The van der Waals surface area contributed by atoms with Crippen molar-refractivity contribution in [3.8, 4) is 0 Å². The van der Waals surface area contributed by atoms with Crippen LogP contribution in [0.2, 0.25) is 0 Å². The SMILES string of the molecule is Cl.O=C1CCC(N2CCNCC2)C(=O)N1. The van der Waals surface area contributed by atoms with Gasteiger partial charge in [-0.3, -0.25) is 19.8 Å². The zero-order valence-corrected chi connectivity index (χ0v) is 9.31. The molecule has 2 heterocycles. The van der Waals surface area contributed by atoms with Crippen LogP contribution in [0.4, 0.5) is 0 Å². The van der Waals surface area contributed by atoms with E-state index in [9.17, 15) is 9.59 Å². The Morgan fingerprint density at radius 3 is 2.47 bits per heavy atom. The number of nitrogens with zero attached hydrogens (tertiary/aromatic N) is 1. The van der Waals surface area contributed by atoms with Gasteiger partial charge in [0.15, 0.2) is 0 Å². The topological polar surface area (TPSA) is 61.4 Å². The Morgan fingerprint density at radius 1 is 1.20 bits per heavy atom. The highest BCUT2D eigenvalue weighted by Crippen LogP contribution is 2.12. The second-order valence-electron chi connectivity index (χ2n) is 3.75. The van der Waals surface area contributed by atoms with Crippen molar-refractivity contribution < 1.29 is 9.59 Å². The van der Waals surface area contributed by atoms with Gasteiger partial charge in [0.2, 0.25) is 11.8 Å². The first-order chi connectivity index (χ1) is 6.77. The average molecular weight is 234 g/mol. The van der Waals surface area contributed by atoms with Crippen molar-refractivity contribution in [1.29, 1.82) is 0 Å². The van der Waals surface area contributed by atoms with E-state index in [-0.39, 0.29) is 30.3 Å². The lowest BCUT2D eigenvalue weighted by Crippen LogP contribution is -2.57. The number of rotatable bonds is 1. The van der Waals surface area contributed by atoms with Crippen LogP contribution in [0.3, 0.4) is 0 Å². The molecule has 2 aliphatic rings. The second-order valence-corrected chi connectivity index (χ2v) is 3.75. The first-order valence-electron chi connectivity index (χ1n) is 5.06. The molecule has 0 aliphatic carbocycles. The summed E-state index contributed by atoms with van der Waals surface area (Å²) in [5.41, 5.74) is 0. The maximum absolute atomic E-state index is 11.5. The highest BCUT2D eigenvalue weighted by molar-refractivity contribution is 6.00. The van der Waals surface area contributed by atoms with E-state index in [0.717, 1.165) is 26.2 Å². The van der Waals surface area contributed by atoms with E-state index >= 15 is 0 Å². The van der Waals surface area contributed by atoms with Gasteiger partial charge in [0.25, 0.3) is 0 Å². The van der Waals surface area contributed by atoms with E-state index in [1.54, 1.807) is 0 Å². The first kappa shape index (κ1) is 12.4. The number of piperazine rings is 1. The number of imide groups is 1. The van der Waals surface area contributed by atoms with Crippen LogP contribution >= 0.6 is 12.4 Å². The molecule has 0 aromatic rings. The summed E-state index contributed by atoms with van der Waals surface area (Å²) in [7, 11) is 0. The highest BCUT2D eigenvalue weighted by Gasteiger charge is 2.31. The summed E-state index contributed by atoms with van der Waals surface area (Å²) >= 11 is 0. The third-order valence-corrected chi connectivity index (χ3v) is 2.80. The van der Waals surface area contributed by atoms with Crippen LogP contribution in [-0.4, -0.2) is 48.9 Å². The van der Waals surface area contributed by atoms with Crippen LogP contribution < -0.4 is 10.6 Å². The summed E-state index contributed by atoms with van der Waals surface area (Å²) in [6, 6.07) is -0.0881. The van der Waals surface area contributed by atoms with Crippen molar-refractivity contribution in [3.05, 3.63) is 0 Å². The van der Waals surface area contributed by atoms with E-state index in [4.69, 9.17) is 0 Å². The molecule has 86 valence electrons. The molecule has 2 rings (SSSR count). The Hall–Kier alpha value is -0.650. The molecule has 2 fully saturated rings. The molecule has 0 saturated carbocycles. The molecule has 0 aromatic heterocycles. The minimum absolute atomic E-state index is 0. The third-order valence-electron chi connectivity index (χ3n) is 2.80.